The second kappa shape index (κ2) is 6.76. The minimum absolute atomic E-state index is 0.0504. The number of carbonyl (C=O) groups is 1. The molecule has 1 aliphatic rings. The summed E-state index contributed by atoms with van der Waals surface area (Å²) in [4.78, 5) is 12.0. The molecule has 0 saturated heterocycles. The lowest BCUT2D eigenvalue weighted by atomic mass is 10.1. The first kappa shape index (κ1) is 15.5. The molecule has 0 fully saturated rings. The Labute approximate surface area is 135 Å². The van der Waals surface area contributed by atoms with Crippen molar-refractivity contribution in [2.45, 2.75) is 38.6 Å². The van der Waals surface area contributed by atoms with Crippen LogP contribution < -0.4 is 5.32 Å². The first-order valence-corrected chi connectivity index (χ1v) is 7.97. The molecule has 1 atom stereocenters. The summed E-state index contributed by atoms with van der Waals surface area (Å²) < 4.78 is 3.51. The van der Waals surface area contributed by atoms with Crippen molar-refractivity contribution in [1.29, 1.82) is 0 Å². The predicted octanol–water partition coefficient (Wildman–Crippen LogP) is 1.86. The van der Waals surface area contributed by atoms with E-state index < -0.39 is 0 Å². The Kier molecular flexibility index (Phi) is 4.55. The number of allylic oxidation sites excluding steroid dienone is 1. The Morgan fingerprint density at radius 3 is 3.00 bits per heavy atom. The van der Waals surface area contributed by atoms with Crippen molar-refractivity contribution in [3.05, 3.63) is 30.2 Å². The van der Waals surface area contributed by atoms with E-state index in [-0.39, 0.29) is 11.9 Å². The number of carbonyl (C=O) groups excluding carboxylic acids is 1. The molecule has 7 nitrogen and oxygen atoms in total. The number of hydrogen-bond donors (Lipinski definition) is 1. The van der Waals surface area contributed by atoms with Gasteiger partial charge < -0.3 is 5.32 Å². The molecule has 7 heteroatoms. The van der Waals surface area contributed by atoms with Crippen LogP contribution >= 0.6 is 0 Å². The van der Waals surface area contributed by atoms with Gasteiger partial charge in [0.2, 0.25) is 5.91 Å². The zero-order valence-electron chi connectivity index (χ0n) is 13.6. The fourth-order valence-corrected chi connectivity index (χ4v) is 2.70. The van der Waals surface area contributed by atoms with Crippen molar-refractivity contribution in [2.75, 3.05) is 6.54 Å². The zero-order chi connectivity index (χ0) is 16.2. The average molecular weight is 314 g/mol. The molecule has 2 aromatic rings. The van der Waals surface area contributed by atoms with Gasteiger partial charge in [-0.15, -0.1) is 5.10 Å². The summed E-state index contributed by atoms with van der Waals surface area (Å²) >= 11 is 0. The fraction of sp³-hybridized carbons (Fsp3) is 0.500. The van der Waals surface area contributed by atoms with Gasteiger partial charge >= 0.3 is 0 Å². The van der Waals surface area contributed by atoms with Crippen LogP contribution in [-0.4, -0.2) is 37.2 Å². The normalized spacial score (nSPS) is 15.5. The summed E-state index contributed by atoms with van der Waals surface area (Å²) in [5.41, 5.74) is 2.98. The number of amides is 1. The van der Waals surface area contributed by atoms with Gasteiger partial charge in [0.15, 0.2) is 0 Å². The minimum atomic E-state index is 0.0504. The second-order valence-electron chi connectivity index (χ2n) is 6.07. The molecule has 1 N–H and O–H groups in total. The molecule has 0 radical (unpaired) electrons. The van der Waals surface area contributed by atoms with Gasteiger partial charge in [0, 0.05) is 31.8 Å². The van der Waals surface area contributed by atoms with Crippen LogP contribution in [0.1, 0.15) is 38.6 Å². The van der Waals surface area contributed by atoms with Crippen LogP contribution in [0.5, 0.6) is 0 Å². The third-order valence-electron chi connectivity index (χ3n) is 4.08. The lowest BCUT2D eigenvalue weighted by Crippen LogP contribution is -2.29. The first-order valence-electron chi connectivity index (χ1n) is 7.97. The highest BCUT2D eigenvalue weighted by atomic mass is 16.1. The van der Waals surface area contributed by atoms with Crippen molar-refractivity contribution in [1.82, 2.24) is 30.1 Å². The number of aryl methyl sites for hydroxylation is 1. The molecule has 1 unspecified atom stereocenters. The molecule has 23 heavy (non-hydrogen) atoms. The fourth-order valence-electron chi connectivity index (χ4n) is 2.70. The summed E-state index contributed by atoms with van der Waals surface area (Å²) in [6.07, 6.45) is 11.6. The summed E-state index contributed by atoms with van der Waals surface area (Å²) in [5, 5.41) is 15.4. The molecule has 0 saturated carbocycles. The number of rotatable bonds is 6. The Balaban J connectivity index is 1.53. The van der Waals surface area contributed by atoms with E-state index in [1.165, 1.54) is 12.0 Å². The van der Waals surface area contributed by atoms with Crippen molar-refractivity contribution in [3.63, 3.8) is 0 Å². The molecule has 1 aliphatic carbocycles. The summed E-state index contributed by atoms with van der Waals surface area (Å²) in [7, 11) is 1.87. The standard InChI is InChI=1S/C16H22N6O/c1-12(8-17-16(23)7-13-5-3-4-6-13)22-11-15(19-20-22)14-9-18-21(2)10-14/h5,9-12H,3-4,6-8H2,1-2H3,(H,17,23). The Morgan fingerprint density at radius 1 is 1.43 bits per heavy atom. The smallest absolute Gasteiger partial charge is 0.224 e. The lowest BCUT2D eigenvalue weighted by Gasteiger charge is -2.12. The summed E-state index contributed by atoms with van der Waals surface area (Å²) in [6, 6.07) is 0.0504. The maximum Gasteiger partial charge on any atom is 0.224 e. The Bertz CT molecular complexity index is 714. The molecule has 3 rings (SSSR count). The molecular weight excluding hydrogens is 292 g/mol. The average Bonchev–Trinajstić information content (AvgIpc) is 3.25. The Hall–Kier alpha value is -2.44. The molecular formula is C16H22N6O. The van der Waals surface area contributed by atoms with Gasteiger partial charge in [-0.05, 0) is 26.2 Å². The van der Waals surface area contributed by atoms with E-state index in [0.717, 1.165) is 24.1 Å². The monoisotopic (exact) mass is 314 g/mol. The highest BCUT2D eigenvalue weighted by Gasteiger charge is 2.13. The molecule has 0 aliphatic heterocycles. The van der Waals surface area contributed by atoms with E-state index in [0.29, 0.717) is 13.0 Å². The predicted molar refractivity (Wildman–Crippen MR) is 86.5 cm³/mol. The van der Waals surface area contributed by atoms with Crippen LogP contribution in [0.3, 0.4) is 0 Å². The van der Waals surface area contributed by atoms with Gasteiger partial charge in [-0.25, -0.2) is 4.68 Å². The third-order valence-corrected chi connectivity index (χ3v) is 4.08. The van der Waals surface area contributed by atoms with Crippen LogP contribution in [0.25, 0.3) is 11.3 Å². The van der Waals surface area contributed by atoms with Gasteiger partial charge in [-0.3, -0.25) is 9.48 Å². The van der Waals surface area contributed by atoms with Crippen LogP contribution in [0.4, 0.5) is 0 Å². The number of nitrogens with zero attached hydrogens (tertiary/aromatic N) is 5. The molecule has 0 bridgehead atoms. The summed E-state index contributed by atoms with van der Waals surface area (Å²) in [5.74, 6) is 0.0811. The number of nitrogens with one attached hydrogen (secondary N) is 1. The largest absolute Gasteiger partial charge is 0.354 e. The van der Waals surface area contributed by atoms with E-state index in [4.69, 9.17) is 0 Å². The second-order valence-corrected chi connectivity index (χ2v) is 6.07. The quantitative estimate of drug-likeness (QED) is 0.826. The highest BCUT2D eigenvalue weighted by molar-refractivity contribution is 5.78. The van der Waals surface area contributed by atoms with Gasteiger partial charge in [-0.2, -0.15) is 5.10 Å². The van der Waals surface area contributed by atoms with Gasteiger partial charge in [0.1, 0.15) is 5.69 Å². The molecule has 0 aromatic carbocycles. The van der Waals surface area contributed by atoms with E-state index in [2.05, 4.69) is 26.8 Å². The topological polar surface area (TPSA) is 77.6 Å². The van der Waals surface area contributed by atoms with Crippen LogP contribution in [0, 0.1) is 0 Å². The van der Waals surface area contributed by atoms with E-state index in [9.17, 15) is 4.79 Å². The maximum absolute atomic E-state index is 12.0. The van der Waals surface area contributed by atoms with Crippen molar-refractivity contribution in [3.8, 4) is 11.3 Å². The Morgan fingerprint density at radius 2 is 2.30 bits per heavy atom. The molecule has 1 amide bonds. The SMILES string of the molecule is CC(CNC(=O)CC1=CCCC1)n1cc(-c2cnn(C)c2)nn1. The highest BCUT2D eigenvalue weighted by Crippen LogP contribution is 2.20. The van der Waals surface area contributed by atoms with Gasteiger partial charge in [0.25, 0.3) is 0 Å². The van der Waals surface area contributed by atoms with Crippen LogP contribution in [0.15, 0.2) is 30.2 Å². The maximum atomic E-state index is 12.0. The number of aromatic nitrogens is 5. The third kappa shape index (κ3) is 3.85. The van der Waals surface area contributed by atoms with Gasteiger partial charge in [0.05, 0.1) is 18.4 Å². The van der Waals surface area contributed by atoms with Crippen molar-refractivity contribution in [2.24, 2.45) is 7.05 Å². The zero-order valence-corrected chi connectivity index (χ0v) is 13.6. The molecule has 0 spiro atoms. The lowest BCUT2D eigenvalue weighted by molar-refractivity contribution is -0.120. The molecule has 2 aromatic heterocycles. The van der Waals surface area contributed by atoms with Crippen LogP contribution in [0.2, 0.25) is 0 Å². The first-order chi connectivity index (χ1) is 11.1. The summed E-state index contributed by atoms with van der Waals surface area (Å²) in [6.45, 7) is 2.55. The van der Waals surface area contributed by atoms with Crippen molar-refractivity contribution >= 4 is 5.91 Å². The van der Waals surface area contributed by atoms with Crippen LogP contribution in [-0.2, 0) is 11.8 Å². The van der Waals surface area contributed by atoms with E-state index >= 15 is 0 Å². The van der Waals surface area contributed by atoms with Gasteiger partial charge in [-0.1, -0.05) is 16.9 Å². The molecule has 2 heterocycles. The van der Waals surface area contributed by atoms with Crippen molar-refractivity contribution < 1.29 is 4.79 Å². The molecule has 122 valence electrons. The van der Waals surface area contributed by atoms with E-state index in [1.807, 2.05) is 26.4 Å². The minimum Gasteiger partial charge on any atom is -0.354 e. The number of hydrogen-bond acceptors (Lipinski definition) is 4. The van der Waals surface area contributed by atoms with E-state index in [1.54, 1.807) is 15.6 Å².